The van der Waals surface area contributed by atoms with E-state index in [4.69, 9.17) is 11.6 Å². The highest BCUT2D eigenvalue weighted by molar-refractivity contribution is 7.21. The van der Waals surface area contributed by atoms with Crippen molar-refractivity contribution < 1.29 is 13.2 Å². The van der Waals surface area contributed by atoms with Crippen LogP contribution in [0.2, 0.25) is 5.02 Å². The van der Waals surface area contributed by atoms with Gasteiger partial charge in [-0.3, -0.25) is 0 Å². The monoisotopic (exact) mass is 313 g/mol. The number of hydrogen-bond donors (Lipinski definition) is 0. The number of aromatic nitrogens is 1. The van der Waals surface area contributed by atoms with Crippen molar-refractivity contribution in [3.8, 4) is 10.6 Å². The minimum atomic E-state index is -4.33. The van der Waals surface area contributed by atoms with Crippen LogP contribution in [0.15, 0.2) is 42.5 Å². The Morgan fingerprint density at radius 1 is 1.00 bits per heavy atom. The quantitative estimate of drug-likeness (QED) is 0.567. The molecule has 0 atom stereocenters. The van der Waals surface area contributed by atoms with Crippen molar-refractivity contribution in [2.45, 2.75) is 6.18 Å². The summed E-state index contributed by atoms with van der Waals surface area (Å²) in [5.74, 6) is 0. The van der Waals surface area contributed by atoms with Crippen LogP contribution < -0.4 is 0 Å². The molecule has 20 heavy (non-hydrogen) atoms. The Morgan fingerprint density at radius 3 is 2.35 bits per heavy atom. The van der Waals surface area contributed by atoms with Crippen LogP contribution in [0.1, 0.15) is 5.56 Å². The first-order chi connectivity index (χ1) is 9.43. The molecule has 0 bridgehead atoms. The number of benzene rings is 2. The molecule has 0 fully saturated rings. The second-order valence-corrected chi connectivity index (χ2v) is 5.67. The Morgan fingerprint density at radius 2 is 1.70 bits per heavy atom. The van der Waals surface area contributed by atoms with Gasteiger partial charge in [0.15, 0.2) is 0 Å². The molecule has 102 valence electrons. The fraction of sp³-hybridized carbons (Fsp3) is 0.0714. The first-order valence-electron chi connectivity index (χ1n) is 5.67. The van der Waals surface area contributed by atoms with E-state index in [1.54, 1.807) is 24.3 Å². The molecule has 0 saturated heterocycles. The Bertz CT molecular complexity index is 762. The standard InChI is InChI=1S/C14H7ClF3NS/c15-10-4-1-8(2-5-10)13-19-11-6-3-9(14(16,17)18)7-12(11)20-13/h1-7H. The average molecular weight is 314 g/mol. The molecule has 1 heterocycles. The molecule has 0 aliphatic heterocycles. The molecular weight excluding hydrogens is 307 g/mol. The maximum absolute atomic E-state index is 12.7. The van der Waals surface area contributed by atoms with Crippen LogP contribution in [0.25, 0.3) is 20.8 Å². The largest absolute Gasteiger partial charge is 0.416 e. The maximum atomic E-state index is 12.7. The van der Waals surface area contributed by atoms with Crippen LogP contribution in [0.3, 0.4) is 0 Å². The summed E-state index contributed by atoms with van der Waals surface area (Å²) in [6.07, 6.45) is -4.33. The van der Waals surface area contributed by atoms with Crippen LogP contribution in [0.4, 0.5) is 13.2 Å². The molecule has 0 aliphatic carbocycles. The molecule has 0 saturated carbocycles. The summed E-state index contributed by atoms with van der Waals surface area (Å²) in [5, 5.41) is 1.28. The van der Waals surface area contributed by atoms with E-state index in [1.807, 2.05) is 0 Å². The molecule has 0 unspecified atom stereocenters. The molecule has 0 aliphatic rings. The van der Waals surface area contributed by atoms with Crippen LogP contribution in [-0.4, -0.2) is 4.98 Å². The Balaban J connectivity index is 2.09. The van der Waals surface area contributed by atoms with E-state index >= 15 is 0 Å². The third kappa shape index (κ3) is 2.51. The van der Waals surface area contributed by atoms with E-state index in [2.05, 4.69) is 4.98 Å². The van der Waals surface area contributed by atoms with Crippen molar-refractivity contribution in [3.63, 3.8) is 0 Å². The van der Waals surface area contributed by atoms with Gasteiger partial charge in [0.1, 0.15) is 5.01 Å². The predicted octanol–water partition coefficient (Wildman–Crippen LogP) is 5.64. The van der Waals surface area contributed by atoms with Crippen molar-refractivity contribution in [2.75, 3.05) is 0 Å². The predicted molar refractivity (Wildman–Crippen MR) is 75.1 cm³/mol. The third-order valence-corrected chi connectivity index (χ3v) is 4.13. The van der Waals surface area contributed by atoms with Gasteiger partial charge in [0.05, 0.1) is 15.8 Å². The van der Waals surface area contributed by atoms with Gasteiger partial charge in [-0.15, -0.1) is 11.3 Å². The molecule has 0 spiro atoms. The van der Waals surface area contributed by atoms with E-state index in [9.17, 15) is 13.2 Å². The third-order valence-electron chi connectivity index (χ3n) is 2.81. The number of alkyl halides is 3. The summed E-state index contributed by atoms with van der Waals surface area (Å²) < 4.78 is 38.5. The molecular formula is C14H7ClF3NS. The van der Waals surface area contributed by atoms with Gasteiger partial charge in [0, 0.05) is 10.6 Å². The second-order valence-electron chi connectivity index (χ2n) is 4.21. The van der Waals surface area contributed by atoms with Crippen molar-refractivity contribution in [3.05, 3.63) is 53.1 Å². The molecule has 3 aromatic rings. The lowest BCUT2D eigenvalue weighted by molar-refractivity contribution is -0.137. The number of hydrogen-bond acceptors (Lipinski definition) is 2. The highest BCUT2D eigenvalue weighted by Gasteiger charge is 2.30. The fourth-order valence-corrected chi connectivity index (χ4v) is 2.95. The minimum absolute atomic E-state index is 0.518. The minimum Gasteiger partial charge on any atom is -0.236 e. The zero-order valence-corrected chi connectivity index (χ0v) is 11.5. The zero-order valence-electron chi connectivity index (χ0n) is 9.91. The van der Waals surface area contributed by atoms with Crippen molar-refractivity contribution >= 4 is 33.2 Å². The Kier molecular flexibility index (Phi) is 3.18. The van der Waals surface area contributed by atoms with Crippen molar-refractivity contribution in [2.24, 2.45) is 0 Å². The lowest BCUT2D eigenvalue weighted by atomic mass is 10.2. The summed E-state index contributed by atoms with van der Waals surface area (Å²) >= 11 is 7.04. The molecule has 6 heteroatoms. The number of nitrogens with zero attached hydrogens (tertiary/aromatic N) is 1. The van der Waals surface area contributed by atoms with Crippen LogP contribution >= 0.6 is 22.9 Å². The van der Waals surface area contributed by atoms with Gasteiger partial charge in [0.25, 0.3) is 0 Å². The number of rotatable bonds is 1. The van der Waals surface area contributed by atoms with Gasteiger partial charge in [-0.25, -0.2) is 4.98 Å². The summed E-state index contributed by atoms with van der Waals surface area (Å²) in [7, 11) is 0. The van der Waals surface area contributed by atoms with Crippen LogP contribution in [0.5, 0.6) is 0 Å². The highest BCUT2D eigenvalue weighted by Crippen LogP contribution is 2.35. The normalized spacial score (nSPS) is 12.0. The molecule has 3 rings (SSSR count). The van der Waals surface area contributed by atoms with E-state index < -0.39 is 11.7 Å². The van der Waals surface area contributed by atoms with E-state index in [1.165, 1.54) is 17.4 Å². The number of thiazole rings is 1. The molecule has 2 aromatic carbocycles. The molecule has 0 N–H and O–H groups in total. The molecule has 1 nitrogen and oxygen atoms in total. The summed E-state index contributed by atoms with van der Waals surface area (Å²) in [5.41, 5.74) is 0.744. The van der Waals surface area contributed by atoms with Gasteiger partial charge in [0.2, 0.25) is 0 Å². The smallest absolute Gasteiger partial charge is 0.236 e. The zero-order chi connectivity index (χ0) is 14.3. The average Bonchev–Trinajstić information content (AvgIpc) is 2.81. The summed E-state index contributed by atoms with van der Waals surface area (Å²) in [6, 6.07) is 10.6. The second kappa shape index (κ2) is 4.75. The van der Waals surface area contributed by atoms with Gasteiger partial charge in [-0.2, -0.15) is 13.2 Å². The van der Waals surface area contributed by atoms with E-state index in [0.717, 1.165) is 17.7 Å². The SMILES string of the molecule is FC(F)(F)c1ccc2nc(-c3ccc(Cl)cc3)sc2c1. The fourth-order valence-electron chi connectivity index (χ4n) is 1.82. The first kappa shape index (κ1) is 13.4. The lowest BCUT2D eigenvalue weighted by Gasteiger charge is -2.04. The first-order valence-corrected chi connectivity index (χ1v) is 6.87. The highest BCUT2D eigenvalue weighted by atomic mass is 35.5. The van der Waals surface area contributed by atoms with Crippen LogP contribution in [-0.2, 0) is 6.18 Å². The summed E-state index contributed by atoms with van der Waals surface area (Å²) in [6.45, 7) is 0. The molecule has 1 aromatic heterocycles. The topological polar surface area (TPSA) is 12.9 Å². The maximum Gasteiger partial charge on any atom is 0.416 e. The molecule has 0 radical (unpaired) electrons. The number of halogens is 4. The van der Waals surface area contributed by atoms with E-state index in [-0.39, 0.29) is 0 Å². The van der Waals surface area contributed by atoms with Gasteiger partial charge in [-0.1, -0.05) is 23.7 Å². The lowest BCUT2D eigenvalue weighted by Crippen LogP contribution is -2.03. The van der Waals surface area contributed by atoms with Gasteiger partial charge >= 0.3 is 6.18 Å². The Labute approximate surface area is 121 Å². The van der Waals surface area contributed by atoms with Crippen molar-refractivity contribution in [1.29, 1.82) is 0 Å². The van der Waals surface area contributed by atoms with Crippen LogP contribution in [0, 0.1) is 0 Å². The summed E-state index contributed by atoms with van der Waals surface area (Å²) in [4.78, 5) is 4.34. The van der Waals surface area contributed by atoms with Crippen molar-refractivity contribution in [1.82, 2.24) is 4.98 Å². The van der Waals surface area contributed by atoms with Gasteiger partial charge in [-0.05, 0) is 30.3 Å². The molecule has 0 amide bonds. The number of fused-ring (bicyclic) bond motifs is 1. The van der Waals surface area contributed by atoms with Gasteiger partial charge < -0.3 is 0 Å². The Hall–Kier alpha value is -1.59. The van der Waals surface area contributed by atoms with E-state index in [0.29, 0.717) is 20.2 Å².